The van der Waals surface area contributed by atoms with Crippen LogP contribution in [-0.2, 0) is 4.79 Å². The minimum Gasteiger partial charge on any atom is -0.368 e. The monoisotopic (exact) mass is 286 g/mol. The van der Waals surface area contributed by atoms with Crippen LogP contribution in [0.4, 0.5) is 0 Å². The molecule has 0 saturated carbocycles. The van der Waals surface area contributed by atoms with Crippen molar-refractivity contribution >= 4 is 5.91 Å². The van der Waals surface area contributed by atoms with E-state index >= 15 is 0 Å². The molecule has 0 aromatic carbocycles. The number of rotatable bonds is 11. The summed E-state index contributed by atoms with van der Waals surface area (Å²) in [6.45, 7) is 10.5. The second-order valence-electron chi connectivity index (χ2n) is 6.74. The van der Waals surface area contributed by atoms with E-state index in [1.807, 2.05) is 0 Å². The van der Waals surface area contributed by atoms with Crippen molar-refractivity contribution in [1.29, 1.82) is 0 Å². The number of hydrogen-bond acceptors (Lipinski definition) is 4. The first-order valence-corrected chi connectivity index (χ1v) is 7.61. The Labute approximate surface area is 124 Å². The fraction of sp³-hybridized carbons (Fsp3) is 0.933. The lowest BCUT2D eigenvalue weighted by Crippen LogP contribution is -2.49. The Kier molecular flexibility index (Phi) is 9.01. The zero-order chi connectivity index (χ0) is 15.8. The van der Waals surface area contributed by atoms with E-state index in [9.17, 15) is 4.79 Å². The van der Waals surface area contributed by atoms with Crippen molar-refractivity contribution in [3.63, 3.8) is 0 Å². The summed E-state index contributed by atoms with van der Waals surface area (Å²) in [5.41, 5.74) is 10.3. The number of hydrogen-bond donors (Lipinski definition) is 2. The van der Waals surface area contributed by atoms with Gasteiger partial charge in [-0.25, -0.2) is 0 Å². The third kappa shape index (κ3) is 9.28. The van der Waals surface area contributed by atoms with Gasteiger partial charge in [-0.2, -0.15) is 0 Å². The van der Waals surface area contributed by atoms with Crippen molar-refractivity contribution in [3.05, 3.63) is 0 Å². The number of primary amides is 1. The Morgan fingerprint density at radius 2 is 1.75 bits per heavy atom. The number of nitrogens with zero attached hydrogens (tertiary/aromatic N) is 2. The van der Waals surface area contributed by atoms with Crippen LogP contribution in [0.5, 0.6) is 0 Å². The molecule has 1 amide bonds. The van der Waals surface area contributed by atoms with E-state index in [-0.39, 0.29) is 0 Å². The van der Waals surface area contributed by atoms with Crippen LogP contribution >= 0.6 is 0 Å². The third-order valence-electron chi connectivity index (χ3n) is 3.47. The molecule has 4 N–H and O–H groups in total. The molecule has 5 nitrogen and oxygen atoms in total. The molecular weight excluding hydrogens is 252 g/mol. The molecule has 5 heteroatoms. The van der Waals surface area contributed by atoms with Crippen LogP contribution in [0.2, 0.25) is 0 Å². The van der Waals surface area contributed by atoms with Crippen LogP contribution < -0.4 is 11.5 Å². The van der Waals surface area contributed by atoms with Gasteiger partial charge >= 0.3 is 0 Å². The molecule has 1 atom stereocenters. The van der Waals surface area contributed by atoms with Crippen LogP contribution in [0.15, 0.2) is 0 Å². The van der Waals surface area contributed by atoms with E-state index in [1.165, 1.54) is 0 Å². The van der Waals surface area contributed by atoms with Crippen LogP contribution in [0.3, 0.4) is 0 Å². The van der Waals surface area contributed by atoms with Gasteiger partial charge < -0.3 is 21.3 Å². The normalized spacial score (nSPS) is 15.1. The maximum Gasteiger partial charge on any atom is 0.237 e. The summed E-state index contributed by atoms with van der Waals surface area (Å²) >= 11 is 0. The summed E-state index contributed by atoms with van der Waals surface area (Å²) in [7, 11) is 4.19. The van der Waals surface area contributed by atoms with Gasteiger partial charge in [0.2, 0.25) is 5.91 Å². The van der Waals surface area contributed by atoms with E-state index in [2.05, 4.69) is 37.7 Å². The Hall–Kier alpha value is -0.650. The molecule has 20 heavy (non-hydrogen) atoms. The van der Waals surface area contributed by atoms with Crippen molar-refractivity contribution in [3.8, 4) is 0 Å². The summed E-state index contributed by atoms with van der Waals surface area (Å²) in [6.07, 6.45) is 2.65. The van der Waals surface area contributed by atoms with Crippen molar-refractivity contribution in [2.75, 3.05) is 40.3 Å². The van der Waals surface area contributed by atoms with Gasteiger partial charge in [0.25, 0.3) is 0 Å². The van der Waals surface area contributed by atoms with Crippen LogP contribution in [0.1, 0.15) is 40.0 Å². The van der Waals surface area contributed by atoms with Gasteiger partial charge in [0.15, 0.2) is 0 Å². The average Bonchev–Trinajstić information content (AvgIpc) is 2.30. The molecule has 0 aliphatic heterocycles. The van der Waals surface area contributed by atoms with Gasteiger partial charge in [-0.3, -0.25) is 4.79 Å². The number of likely N-dealkylation sites (N-methyl/N-ethyl adjacent to an activating group) is 1. The quantitative estimate of drug-likeness (QED) is 0.553. The lowest BCUT2D eigenvalue weighted by molar-refractivity contribution is -0.122. The third-order valence-corrected chi connectivity index (χ3v) is 3.47. The molecule has 0 aromatic rings. The minimum atomic E-state index is -0.869. The van der Waals surface area contributed by atoms with Crippen LogP contribution in [-0.4, -0.2) is 61.5 Å². The molecule has 0 radical (unpaired) electrons. The fourth-order valence-corrected chi connectivity index (χ4v) is 2.10. The highest BCUT2D eigenvalue weighted by atomic mass is 16.1. The molecule has 0 aliphatic carbocycles. The molecule has 0 fully saturated rings. The zero-order valence-corrected chi connectivity index (χ0v) is 14.0. The summed E-state index contributed by atoms with van der Waals surface area (Å²) < 4.78 is 0. The average molecular weight is 286 g/mol. The van der Waals surface area contributed by atoms with E-state index in [0.717, 1.165) is 39.0 Å². The molecular formula is C15H34N4O. The van der Waals surface area contributed by atoms with Crippen molar-refractivity contribution < 1.29 is 4.79 Å². The Morgan fingerprint density at radius 1 is 1.15 bits per heavy atom. The largest absolute Gasteiger partial charge is 0.368 e. The van der Waals surface area contributed by atoms with Crippen molar-refractivity contribution in [2.45, 2.75) is 45.6 Å². The topological polar surface area (TPSA) is 75.6 Å². The van der Waals surface area contributed by atoms with Gasteiger partial charge in [-0.1, -0.05) is 13.8 Å². The summed E-state index contributed by atoms with van der Waals surface area (Å²) in [6, 6.07) is 0. The van der Waals surface area contributed by atoms with Crippen LogP contribution in [0, 0.1) is 5.92 Å². The van der Waals surface area contributed by atoms with Gasteiger partial charge in [-0.15, -0.1) is 0 Å². The maximum atomic E-state index is 11.2. The number of carbonyl (C=O) groups excluding carboxylic acids is 1. The highest BCUT2D eigenvalue weighted by Gasteiger charge is 2.24. The molecule has 0 bridgehead atoms. The molecule has 1 unspecified atom stereocenters. The van der Waals surface area contributed by atoms with E-state index in [4.69, 9.17) is 11.5 Å². The molecule has 0 aromatic heterocycles. The second-order valence-corrected chi connectivity index (χ2v) is 6.74. The number of carbonyl (C=O) groups is 1. The van der Waals surface area contributed by atoms with E-state index in [1.54, 1.807) is 6.92 Å². The second kappa shape index (κ2) is 9.32. The van der Waals surface area contributed by atoms with E-state index in [0.29, 0.717) is 12.3 Å². The standard InChI is InChI=1S/C15H34N4O/c1-13(2)12-19(11-10-18(4)5)9-7-6-8-15(3,17)14(16)20/h13H,6-12,17H2,1-5H3,(H2,16,20). The first kappa shape index (κ1) is 19.4. The number of amides is 1. The summed E-state index contributed by atoms with van der Waals surface area (Å²) in [5, 5.41) is 0. The number of nitrogens with two attached hydrogens (primary N) is 2. The fourth-order valence-electron chi connectivity index (χ4n) is 2.10. The summed E-state index contributed by atoms with van der Waals surface area (Å²) in [5.74, 6) is 0.256. The highest BCUT2D eigenvalue weighted by molar-refractivity contribution is 5.83. The van der Waals surface area contributed by atoms with Crippen LogP contribution in [0.25, 0.3) is 0 Å². The van der Waals surface area contributed by atoms with Gasteiger partial charge in [-0.05, 0) is 52.7 Å². The Morgan fingerprint density at radius 3 is 2.20 bits per heavy atom. The predicted molar refractivity (Wildman–Crippen MR) is 85.5 cm³/mol. The van der Waals surface area contributed by atoms with Gasteiger partial charge in [0.1, 0.15) is 0 Å². The molecule has 0 heterocycles. The van der Waals surface area contributed by atoms with Gasteiger partial charge in [0.05, 0.1) is 5.54 Å². The first-order valence-electron chi connectivity index (χ1n) is 7.61. The number of unbranched alkanes of at least 4 members (excludes halogenated alkanes) is 1. The highest BCUT2D eigenvalue weighted by Crippen LogP contribution is 2.11. The molecule has 0 saturated heterocycles. The predicted octanol–water partition coefficient (Wildman–Crippen LogP) is 0.879. The summed E-state index contributed by atoms with van der Waals surface area (Å²) in [4.78, 5) is 15.8. The smallest absolute Gasteiger partial charge is 0.237 e. The van der Waals surface area contributed by atoms with Crippen molar-refractivity contribution in [1.82, 2.24) is 9.80 Å². The molecule has 120 valence electrons. The van der Waals surface area contributed by atoms with Crippen molar-refractivity contribution in [2.24, 2.45) is 17.4 Å². The molecule has 0 spiro atoms. The lowest BCUT2D eigenvalue weighted by atomic mass is 9.95. The zero-order valence-electron chi connectivity index (χ0n) is 14.0. The van der Waals surface area contributed by atoms with E-state index < -0.39 is 11.4 Å². The Bertz CT molecular complexity index is 277. The minimum absolute atomic E-state index is 0.413. The maximum absolute atomic E-state index is 11.2. The first-order chi connectivity index (χ1) is 9.15. The SMILES string of the molecule is CC(C)CN(CCCCC(C)(N)C(N)=O)CCN(C)C. The lowest BCUT2D eigenvalue weighted by Gasteiger charge is -2.26. The van der Waals surface area contributed by atoms with Gasteiger partial charge in [0, 0.05) is 19.6 Å². The molecule has 0 rings (SSSR count). The Balaban J connectivity index is 4.03. The molecule has 0 aliphatic rings.